The molecule has 4 rings (SSSR count). The van der Waals surface area contributed by atoms with Crippen LogP contribution in [0.3, 0.4) is 0 Å². The number of halogens is 1. The molecule has 0 bridgehead atoms. The van der Waals surface area contributed by atoms with Crippen LogP contribution >= 0.6 is 11.6 Å². The molecule has 0 saturated carbocycles. The summed E-state index contributed by atoms with van der Waals surface area (Å²) in [4.78, 5) is 14.0. The number of aromatic nitrogens is 3. The van der Waals surface area contributed by atoms with Gasteiger partial charge in [-0.3, -0.25) is 0 Å². The molecule has 2 aliphatic rings. The van der Waals surface area contributed by atoms with Gasteiger partial charge < -0.3 is 19.6 Å². The minimum Gasteiger partial charge on any atom is -0.368 e. The quantitative estimate of drug-likeness (QED) is 0.810. The van der Waals surface area contributed by atoms with Gasteiger partial charge in [0.15, 0.2) is 5.82 Å². The summed E-state index contributed by atoms with van der Waals surface area (Å²) in [5.74, 6) is 1.66. The normalized spacial score (nSPS) is 19.1. The number of anilines is 3. The van der Waals surface area contributed by atoms with Gasteiger partial charge in [-0.25, -0.2) is 0 Å². The van der Waals surface area contributed by atoms with Gasteiger partial charge in [0.2, 0.25) is 5.95 Å². The highest BCUT2D eigenvalue weighted by Crippen LogP contribution is 2.22. The molecule has 0 unspecified atom stereocenters. The van der Waals surface area contributed by atoms with E-state index in [2.05, 4.69) is 42.9 Å². The molecule has 0 N–H and O–H groups in total. The number of hydrogen-bond acceptors (Lipinski definition) is 7. The van der Waals surface area contributed by atoms with E-state index in [1.807, 2.05) is 18.2 Å². The number of piperazine rings is 2. The molecule has 0 spiro atoms. The van der Waals surface area contributed by atoms with Crippen molar-refractivity contribution in [2.45, 2.75) is 0 Å². The number of rotatable bonds is 3. The summed E-state index contributed by atoms with van der Waals surface area (Å²) in [7, 11) is 2.15. The Morgan fingerprint density at radius 3 is 2.31 bits per heavy atom. The summed E-state index contributed by atoms with van der Waals surface area (Å²) in [5, 5.41) is 9.25. The topological polar surface area (TPSA) is 51.6 Å². The van der Waals surface area contributed by atoms with E-state index in [1.165, 1.54) is 5.69 Å². The van der Waals surface area contributed by atoms with Gasteiger partial charge in [0.25, 0.3) is 0 Å². The third-order valence-electron chi connectivity index (χ3n) is 5.10. The predicted octanol–water partition coefficient (Wildman–Crippen LogP) is 1.60. The summed E-state index contributed by atoms with van der Waals surface area (Å²) in [5.41, 5.74) is 1.17. The van der Waals surface area contributed by atoms with E-state index < -0.39 is 0 Å². The van der Waals surface area contributed by atoms with Crippen LogP contribution < -0.4 is 14.7 Å². The van der Waals surface area contributed by atoms with E-state index in [-0.39, 0.29) is 0 Å². The Labute approximate surface area is 159 Å². The maximum Gasteiger partial charge on any atom is 0.247 e. The second-order valence-corrected chi connectivity index (χ2v) is 7.30. The second kappa shape index (κ2) is 7.63. The van der Waals surface area contributed by atoms with Crippen LogP contribution in [0.25, 0.3) is 0 Å². The molecule has 1 aromatic carbocycles. The van der Waals surface area contributed by atoms with Gasteiger partial charge >= 0.3 is 0 Å². The Balaban J connectivity index is 1.41. The molecule has 26 heavy (non-hydrogen) atoms. The Morgan fingerprint density at radius 2 is 1.58 bits per heavy atom. The molecule has 2 saturated heterocycles. The lowest BCUT2D eigenvalue weighted by Crippen LogP contribution is -2.47. The van der Waals surface area contributed by atoms with Gasteiger partial charge in [0.1, 0.15) is 0 Å². The average Bonchev–Trinajstić information content (AvgIpc) is 2.69. The zero-order valence-corrected chi connectivity index (χ0v) is 15.8. The van der Waals surface area contributed by atoms with E-state index in [1.54, 1.807) is 6.20 Å². The van der Waals surface area contributed by atoms with Gasteiger partial charge in [0, 0.05) is 63.1 Å². The summed E-state index contributed by atoms with van der Waals surface area (Å²) < 4.78 is 0. The molecule has 0 amide bonds. The van der Waals surface area contributed by atoms with Crippen molar-refractivity contribution < 1.29 is 0 Å². The van der Waals surface area contributed by atoms with Crippen molar-refractivity contribution in [1.29, 1.82) is 0 Å². The van der Waals surface area contributed by atoms with E-state index >= 15 is 0 Å². The van der Waals surface area contributed by atoms with Gasteiger partial charge in [-0.2, -0.15) is 10.1 Å². The first-order chi connectivity index (χ1) is 12.7. The van der Waals surface area contributed by atoms with Gasteiger partial charge in [0.05, 0.1) is 6.20 Å². The molecule has 8 heteroatoms. The molecule has 138 valence electrons. The lowest BCUT2D eigenvalue weighted by atomic mass is 10.2. The third-order valence-corrected chi connectivity index (χ3v) is 5.33. The molecule has 0 aliphatic carbocycles. The van der Waals surface area contributed by atoms with E-state index in [0.717, 1.165) is 69.1 Å². The molecular weight excluding hydrogens is 350 g/mol. The Bertz CT molecular complexity index is 740. The second-order valence-electron chi connectivity index (χ2n) is 6.86. The molecule has 0 radical (unpaired) electrons. The van der Waals surface area contributed by atoms with Crippen LogP contribution in [-0.4, -0.2) is 79.5 Å². The smallest absolute Gasteiger partial charge is 0.247 e. The van der Waals surface area contributed by atoms with Crippen LogP contribution in [-0.2, 0) is 0 Å². The van der Waals surface area contributed by atoms with Crippen LogP contribution in [0.1, 0.15) is 0 Å². The number of hydrogen-bond donors (Lipinski definition) is 0. The number of benzene rings is 1. The average molecular weight is 374 g/mol. The van der Waals surface area contributed by atoms with Crippen molar-refractivity contribution in [2.75, 3.05) is 74.1 Å². The predicted molar refractivity (Wildman–Crippen MR) is 105 cm³/mol. The highest BCUT2D eigenvalue weighted by molar-refractivity contribution is 6.30. The van der Waals surface area contributed by atoms with Crippen LogP contribution in [0.2, 0.25) is 5.02 Å². The van der Waals surface area contributed by atoms with Crippen LogP contribution in [0.5, 0.6) is 0 Å². The zero-order valence-electron chi connectivity index (χ0n) is 15.1. The van der Waals surface area contributed by atoms with Crippen LogP contribution in [0.15, 0.2) is 30.5 Å². The van der Waals surface area contributed by atoms with E-state index in [9.17, 15) is 0 Å². The summed E-state index contributed by atoms with van der Waals surface area (Å²) >= 11 is 6.12. The molecule has 1 aromatic heterocycles. The van der Waals surface area contributed by atoms with Crippen molar-refractivity contribution in [3.63, 3.8) is 0 Å². The molecular formula is C18H24ClN7. The summed E-state index contributed by atoms with van der Waals surface area (Å²) in [6.45, 7) is 7.66. The van der Waals surface area contributed by atoms with Crippen molar-refractivity contribution in [3.05, 3.63) is 35.5 Å². The Morgan fingerprint density at radius 1 is 0.885 bits per heavy atom. The minimum atomic E-state index is 0.729. The minimum absolute atomic E-state index is 0.729. The van der Waals surface area contributed by atoms with Crippen molar-refractivity contribution in [2.24, 2.45) is 0 Å². The van der Waals surface area contributed by atoms with Gasteiger partial charge in [-0.05, 0) is 25.2 Å². The fourth-order valence-electron chi connectivity index (χ4n) is 3.45. The van der Waals surface area contributed by atoms with Gasteiger partial charge in [-0.1, -0.05) is 17.7 Å². The van der Waals surface area contributed by atoms with Crippen LogP contribution in [0, 0.1) is 0 Å². The van der Waals surface area contributed by atoms with Gasteiger partial charge in [-0.15, -0.1) is 5.10 Å². The Hall–Kier alpha value is -2.12. The first-order valence-electron chi connectivity index (χ1n) is 9.08. The fourth-order valence-corrected chi connectivity index (χ4v) is 3.63. The number of nitrogens with zero attached hydrogens (tertiary/aromatic N) is 7. The largest absolute Gasteiger partial charge is 0.368 e. The molecule has 3 heterocycles. The lowest BCUT2D eigenvalue weighted by molar-refractivity contribution is 0.312. The first kappa shape index (κ1) is 17.3. The third kappa shape index (κ3) is 3.83. The molecule has 2 aliphatic heterocycles. The molecule has 2 fully saturated rings. The molecule has 7 nitrogen and oxygen atoms in total. The lowest BCUT2D eigenvalue weighted by Gasteiger charge is -2.36. The van der Waals surface area contributed by atoms with Crippen molar-refractivity contribution in [3.8, 4) is 0 Å². The Kier molecular flexibility index (Phi) is 5.08. The fraction of sp³-hybridized carbons (Fsp3) is 0.500. The molecule has 2 aromatic rings. The van der Waals surface area contributed by atoms with Crippen molar-refractivity contribution in [1.82, 2.24) is 20.1 Å². The van der Waals surface area contributed by atoms with E-state index in [0.29, 0.717) is 0 Å². The zero-order chi connectivity index (χ0) is 17.9. The first-order valence-corrected chi connectivity index (χ1v) is 9.45. The molecule has 0 atom stereocenters. The highest BCUT2D eigenvalue weighted by atomic mass is 35.5. The monoisotopic (exact) mass is 373 g/mol. The maximum absolute atomic E-state index is 6.12. The van der Waals surface area contributed by atoms with Crippen molar-refractivity contribution >= 4 is 29.1 Å². The SMILES string of the molecule is CN1CCN(c2cnnc(N3CCN(c4cccc(Cl)c4)CC3)n2)CC1. The summed E-state index contributed by atoms with van der Waals surface area (Å²) in [6.07, 6.45) is 1.77. The highest BCUT2D eigenvalue weighted by Gasteiger charge is 2.22. The summed E-state index contributed by atoms with van der Waals surface area (Å²) in [6, 6.07) is 8.03. The number of likely N-dealkylation sites (N-methyl/N-ethyl adjacent to an activating group) is 1. The maximum atomic E-state index is 6.12. The van der Waals surface area contributed by atoms with E-state index in [4.69, 9.17) is 16.6 Å². The van der Waals surface area contributed by atoms with Crippen LogP contribution in [0.4, 0.5) is 17.5 Å². The standard InChI is InChI=1S/C18H24ClN7/c1-23-5-7-25(8-6-23)17-14-20-22-18(21-17)26-11-9-24(10-12-26)16-4-2-3-15(19)13-16/h2-4,13-14H,5-12H2,1H3.